The highest BCUT2D eigenvalue weighted by Gasteiger charge is 2.26. The summed E-state index contributed by atoms with van der Waals surface area (Å²) in [5.74, 6) is -1.29. The standard InChI is InChI=1S/C26H26FN3O5/c1-26(2,33)15-34-18-7-6-17-9-11-30(21(17)14-18)23(31)13-16-5-8-22(20(27)12-16)35-25-19(24(28)32)4-3-10-29-25/h3-8,10,12,14,33H,9,11,13,15H2,1-2H3,(H2,28,32). The van der Waals surface area contributed by atoms with Crippen molar-refractivity contribution in [3.05, 3.63) is 77.2 Å². The fourth-order valence-electron chi connectivity index (χ4n) is 3.74. The van der Waals surface area contributed by atoms with Gasteiger partial charge >= 0.3 is 0 Å². The van der Waals surface area contributed by atoms with Crippen molar-refractivity contribution in [3.63, 3.8) is 0 Å². The molecule has 3 N–H and O–H groups in total. The first-order valence-electron chi connectivity index (χ1n) is 11.1. The number of halogens is 1. The number of carbonyl (C=O) groups excluding carboxylic acids is 2. The normalized spacial score (nSPS) is 12.9. The number of carbonyl (C=O) groups is 2. The first-order chi connectivity index (χ1) is 16.6. The van der Waals surface area contributed by atoms with Crippen LogP contribution in [0.25, 0.3) is 0 Å². The second-order valence-electron chi connectivity index (χ2n) is 8.95. The summed E-state index contributed by atoms with van der Waals surface area (Å²) in [5, 5.41) is 9.89. The number of hydrogen-bond donors (Lipinski definition) is 2. The fraction of sp³-hybridized carbons (Fsp3) is 0.269. The van der Waals surface area contributed by atoms with Crippen LogP contribution in [0.15, 0.2) is 54.7 Å². The summed E-state index contributed by atoms with van der Waals surface area (Å²) in [6, 6.07) is 12.7. The maximum atomic E-state index is 14.7. The molecule has 182 valence electrons. The van der Waals surface area contributed by atoms with Gasteiger partial charge in [0.15, 0.2) is 11.6 Å². The molecule has 1 aromatic heterocycles. The highest BCUT2D eigenvalue weighted by molar-refractivity contribution is 5.97. The van der Waals surface area contributed by atoms with Crippen LogP contribution < -0.4 is 20.1 Å². The number of amides is 2. The Morgan fingerprint density at radius 1 is 1.20 bits per heavy atom. The molecule has 0 spiro atoms. The molecule has 2 aromatic carbocycles. The summed E-state index contributed by atoms with van der Waals surface area (Å²) in [4.78, 5) is 30.2. The van der Waals surface area contributed by atoms with Gasteiger partial charge in [0.1, 0.15) is 17.9 Å². The Balaban J connectivity index is 1.46. The van der Waals surface area contributed by atoms with Crippen LogP contribution in [0.2, 0.25) is 0 Å². The summed E-state index contributed by atoms with van der Waals surface area (Å²) in [6.07, 6.45) is 2.10. The third-order valence-corrected chi connectivity index (χ3v) is 5.44. The van der Waals surface area contributed by atoms with Gasteiger partial charge < -0.3 is 25.2 Å². The van der Waals surface area contributed by atoms with Crippen molar-refractivity contribution in [2.75, 3.05) is 18.1 Å². The molecule has 0 unspecified atom stereocenters. The zero-order valence-corrected chi connectivity index (χ0v) is 19.5. The number of rotatable bonds is 8. The fourth-order valence-corrected chi connectivity index (χ4v) is 3.74. The van der Waals surface area contributed by atoms with Crippen LogP contribution in [0.1, 0.15) is 35.3 Å². The zero-order chi connectivity index (χ0) is 25.2. The van der Waals surface area contributed by atoms with Crippen LogP contribution >= 0.6 is 0 Å². The predicted molar refractivity (Wildman–Crippen MR) is 127 cm³/mol. The number of ether oxygens (including phenoxy) is 2. The molecule has 1 aliphatic rings. The Morgan fingerprint density at radius 2 is 2.00 bits per heavy atom. The monoisotopic (exact) mass is 479 g/mol. The lowest BCUT2D eigenvalue weighted by molar-refractivity contribution is -0.117. The van der Waals surface area contributed by atoms with Gasteiger partial charge in [-0.3, -0.25) is 9.59 Å². The van der Waals surface area contributed by atoms with Crippen molar-refractivity contribution in [3.8, 4) is 17.4 Å². The van der Waals surface area contributed by atoms with Crippen LogP contribution in [0, 0.1) is 5.82 Å². The van der Waals surface area contributed by atoms with Gasteiger partial charge in [-0.25, -0.2) is 9.37 Å². The van der Waals surface area contributed by atoms with Gasteiger partial charge in [-0.2, -0.15) is 0 Å². The van der Waals surface area contributed by atoms with E-state index in [9.17, 15) is 19.1 Å². The lowest BCUT2D eigenvalue weighted by Crippen LogP contribution is -2.30. The summed E-state index contributed by atoms with van der Waals surface area (Å²) in [6.45, 7) is 3.94. The number of anilines is 1. The molecule has 0 aliphatic carbocycles. The highest BCUT2D eigenvalue weighted by Crippen LogP contribution is 2.33. The predicted octanol–water partition coefficient (Wildman–Crippen LogP) is 3.39. The zero-order valence-electron chi connectivity index (χ0n) is 19.5. The second-order valence-corrected chi connectivity index (χ2v) is 8.95. The summed E-state index contributed by atoms with van der Waals surface area (Å²) in [5.41, 5.74) is 6.60. The molecule has 35 heavy (non-hydrogen) atoms. The minimum atomic E-state index is -0.980. The number of primary amides is 1. The number of benzene rings is 2. The third kappa shape index (κ3) is 5.75. The van der Waals surface area contributed by atoms with Crippen molar-refractivity contribution in [2.24, 2.45) is 5.73 Å². The number of pyridine rings is 1. The number of aromatic nitrogens is 1. The Bertz CT molecular complexity index is 1270. The van der Waals surface area contributed by atoms with E-state index in [1.54, 1.807) is 30.9 Å². The van der Waals surface area contributed by atoms with Crippen molar-refractivity contribution in [2.45, 2.75) is 32.3 Å². The van der Waals surface area contributed by atoms with Gasteiger partial charge in [-0.1, -0.05) is 12.1 Å². The molecule has 2 amide bonds. The Kier molecular flexibility index (Phi) is 6.70. The quantitative estimate of drug-likeness (QED) is 0.512. The number of hydrogen-bond acceptors (Lipinski definition) is 6. The van der Waals surface area contributed by atoms with E-state index in [1.807, 2.05) is 12.1 Å². The van der Waals surface area contributed by atoms with E-state index in [-0.39, 0.29) is 36.1 Å². The van der Waals surface area contributed by atoms with Gasteiger partial charge in [0.05, 0.1) is 17.7 Å². The highest BCUT2D eigenvalue weighted by atomic mass is 19.1. The molecular weight excluding hydrogens is 453 g/mol. The van der Waals surface area contributed by atoms with E-state index in [4.69, 9.17) is 15.2 Å². The summed E-state index contributed by atoms with van der Waals surface area (Å²) >= 11 is 0. The third-order valence-electron chi connectivity index (χ3n) is 5.44. The lowest BCUT2D eigenvalue weighted by Gasteiger charge is -2.20. The molecule has 3 aromatic rings. The molecule has 8 nitrogen and oxygen atoms in total. The molecule has 2 heterocycles. The molecule has 4 rings (SSSR count). The molecule has 0 saturated carbocycles. The largest absolute Gasteiger partial charge is 0.491 e. The molecule has 0 saturated heterocycles. The van der Waals surface area contributed by atoms with E-state index in [2.05, 4.69) is 4.98 Å². The first kappa shape index (κ1) is 24.2. The van der Waals surface area contributed by atoms with Crippen LogP contribution in [-0.2, 0) is 17.6 Å². The molecule has 9 heteroatoms. The lowest BCUT2D eigenvalue weighted by atomic mass is 10.1. The van der Waals surface area contributed by atoms with Gasteiger partial charge in [-0.05, 0) is 61.7 Å². The number of nitrogens with two attached hydrogens (primary N) is 1. The average Bonchev–Trinajstić information content (AvgIpc) is 3.23. The van der Waals surface area contributed by atoms with Gasteiger partial charge in [0.25, 0.3) is 5.91 Å². The first-order valence-corrected chi connectivity index (χ1v) is 11.1. The van der Waals surface area contributed by atoms with Crippen molar-refractivity contribution < 1.29 is 28.6 Å². The topological polar surface area (TPSA) is 115 Å². The molecule has 0 atom stereocenters. The molecule has 1 aliphatic heterocycles. The van der Waals surface area contributed by atoms with Crippen molar-refractivity contribution in [1.82, 2.24) is 4.98 Å². The van der Waals surface area contributed by atoms with Crippen LogP contribution in [0.4, 0.5) is 10.1 Å². The van der Waals surface area contributed by atoms with Crippen molar-refractivity contribution in [1.29, 1.82) is 0 Å². The molecule has 0 fully saturated rings. The maximum absolute atomic E-state index is 14.7. The van der Waals surface area contributed by atoms with Crippen LogP contribution in [-0.4, -0.2) is 40.7 Å². The number of fused-ring (bicyclic) bond motifs is 1. The average molecular weight is 480 g/mol. The van der Waals surface area contributed by atoms with E-state index in [0.29, 0.717) is 24.3 Å². The van der Waals surface area contributed by atoms with Gasteiger partial charge in [0.2, 0.25) is 11.8 Å². The van der Waals surface area contributed by atoms with Crippen LogP contribution in [0.5, 0.6) is 17.4 Å². The minimum Gasteiger partial charge on any atom is -0.491 e. The van der Waals surface area contributed by atoms with E-state index < -0.39 is 17.3 Å². The minimum absolute atomic E-state index is 0.0124. The number of aliphatic hydroxyl groups is 1. The smallest absolute Gasteiger partial charge is 0.254 e. The Labute approximate surface area is 202 Å². The Morgan fingerprint density at radius 3 is 2.71 bits per heavy atom. The van der Waals surface area contributed by atoms with Gasteiger partial charge in [-0.15, -0.1) is 0 Å². The summed E-state index contributed by atoms with van der Waals surface area (Å²) < 4.78 is 25.8. The van der Waals surface area contributed by atoms with E-state index in [0.717, 1.165) is 11.3 Å². The SMILES string of the molecule is CC(C)(O)COc1ccc2c(c1)N(C(=O)Cc1ccc(Oc3ncccc3C(N)=O)c(F)c1)CC2. The van der Waals surface area contributed by atoms with Crippen LogP contribution in [0.3, 0.4) is 0 Å². The Hall–Kier alpha value is -3.98. The molecule has 0 radical (unpaired) electrons. The maximum Gasteiger partial charge on any atom is 0.254 e. The van der Waals surface area contributed by atoms with Crippen molar-refractivity contribution >= 4 is 17.5 Å². The van der Waals surface area contributed by atoms with E-state index in [1.165, 1.54) is 30.5 Å². The van der Waals surface area contributed by atoms with Gasteiger partial charge in [0, 0.05) is 18.8 Å². The number of nitrogens with zero attached hydrogens (tertiary/aromatic N) is 2. The molecule has 0 bridgehead atoms. The van der Waals surface area contributed by atoms with E-state index >= 15 is 0 Å². The molecular formula is C26H26FN3O5. The summed E-state index contributed by atoms with van der Waals surface area (Å²) in [7, 11) is 0. The second kappa shape index (κ2) is 9.71.